The molecular weight excluding hydrogens is 462 g/mol. The molecule has 0 bridgehead atoms. The number of benzene rings is 2. The van der Waals surface area contributed by atoms with Gasteiger partial charge in [-0.2, -0.15) is 0 Å². The number of aryl methyl sites for hydroxylation is 1. The second kappa shape index (κ2) is 11.1. The van der Waals surface area contributed by atoms with Gasteiger partial charge in [-0.1, -0.05) is 18.2 Å². The number of amides is 3. The van der Waals surface area contributed by atoms with Crippen molar-refractivity contribution in [1.82, 2.24) is 15.1 Å². The number of nitrogens with one attached hydrogen (secondary N) is 1. The van der Waals surface area contributed by atoms with Crippen LogP contribution in [0.4, 0.5) is 0 Å². The molecule has 9 heteroatoms. The zero-order valence-corrected chi connectivity index (χ0v) is 21.0. The summed E-state index contributed by atoms with van der Waals surface area (Å²) in [6, 6.07) is 13.5. The standard InChI is InChI=1S/C27H33N3O6/c1-19-6-4-5-7-22(19)26(33)29-15-12-27(13-16-29)30(23(18-36-27)24(31)28-14-17-34-2)25(32)20-8-10-21(35-3)11-9-20/h4-11,23H,12-18H2,1-3H3,(H,28,31). The van der Waals surface area contributed by atoms with Gasteiger partial charge in [0.2, 0.25) is 5.91 Å². The van der Waals surface area contributed by atoms with E-state index in [0.29, 0.717) is 56.0 Å². The molecule has 0 saturated carbocycles. The van der Waals surface area contributed by atoms with Crippen molar-refractivity contribution in [3.63, 3.8) is 0 Å². The van der Waals surface area contributed by atoms with Gasteiger partial charge in [0.15, 0.2) is 0 Å². The Morgan fingerprint density at radius 2 is 1.72 bits per heavy atom. The van der Waals surface area contributed by atoms with Gasteiger partial charge in [0, 0.05) is 50.7 Å². The third kappa shape index (κ3) is 5.08. The molecule has 0 aromatic heterocycles. The van der Waals surface area contributed by atoms with E-state index in [1.54, 1.807) is 48.3 Å². The minimum absolute atomic E-state index is 0.0390. The van der Waals surface area contributed by atoms with Crippen molar-refractivity contribution in [2.24, 2.45) is 0 Å². The van der Waals surface area contributed by atoms with Crippen molar-refractivity contribution >= 4 is 17.7 Å². The van der Waals surface area contributed by atoms with Crippen molar-refractivity contribution < 1.29 is 28.6 Å². The smallest absolute Gasteiger partial charge is 0.256 e. The molecule has 1 unspecified atom stereocenters. The van der Waals surface area contributed by atoms with Gasteiger partial charge in [-0.05, 0) is 42.8 Å². The maximum absolute atomic E-state index is 13.8. The Morgan fingerprint density at radius 3 is 2.36 bits per heavy atom. The molecule has 0 radical (unpaired) electrons. The van der Waals surface area contributed by atoms with E-state index in [1.807, 2.05) is 31.2 Å². The number of hydrogen-bond acceptors (Lipinski definition) is 6. The molecule has 2 heterocycles. The summed E-state index contributed by atoms with van der Waals surface area (Å²) in [6.07, 6.45) is 0.822. The first-order chi connectivity index (χ1) is 17.4. The molecule has 3 amide bonds. The van der Waals surface area contributed by atoms with Crippen molar-refractivity contribution in [3.05, 3.63) is 65.2 Å². The van der Waals surface area contributed by atoms with Crippen LogP contribution in [0.25, 0.3) is 0 Å². The monoisotopic (exact) mass is 495 g/mol. The Morgan fingerprint density at radius 1 is 1.03 bits per heavy atom. The van der Waals surface area contributed by atoms with Gasteiger partial charge in [0.25, 0.3) is 11.8 Å². The lowest BCUT2D eigenvalue weighted by atomic mass is 9.95. The van der Waals surface area contributed by atoms with E-state index in [1.165, 1.54) is 0 Å². The SMILES string of the molecule is COCCNC(=O)C1COC2(CCN(C(=O)c3ccccc3C)CC2)N1C(=O)c1ccc(OC)cc1. The molecule has 2 aliphatic heterocycles. The van der Waals surface area contributed by atoms with E-state index in [2.05, 4.69) is 5.32 Å². The number of piperidine rings is 1. The van der Waals surface area contributed by atoms with Crippen LogP contribution >= 0.6 is 0 Å². The molecule has 0 aliphatic carbocycles. The highest BCUT2D eigenvalue weighted by atomic mass is 16.5. The minimum atomic E-state index is -0.969. The van der Waals surface area contributed by atoms with Crippen molar-refractivity contribution in [3.8, 4) is 5.75 Å². The first kappa shape index (κ1) is 25.7. The molecule has 1 atom stereocenters. The predicted octanol–water partition coefficient (Wildman–Crippen LogP) is 2.24. The molecule has 192 valence electrons. The fraction of sp³-hybridized carbons (Fsp3) is 0.444. The van der Waals surface area contributed by atoms with E-state index in [-0.39, 0.29) is 24.3 Å². The zero-order chi connectivity index (χ0) is 25.7. The number of carbonyl (C=O) groups is 3. The van der Waals surface area contributed by atoms with E-state index < -0.39 is 11.8 Å². The number of carbonyl (C=O) groups excluding carboxylic acids is 3. The molecule has 4 rings (SSSR count). The van der Waals surface area contributed by atoms with Gasteiger partial charge in [0.05, 0.1) is 20.3 Å². The van der Waals surface area contributed by atoms with Crippen molar-refractivity contribution in [1.29, 1.82) is 0 Å². The highest BCUT2D eigenvalue weighted by molar-refractivity contribution is 5.99. The number of nitrogens with zero attached hydrogens (tertiary/aromatic N) is 2. The second-order valence-electron chi connectivity index (χ2n) is 9.07. The molecular formula is C27H33N3O6. The van der Waals surface area contributed by atoms with Crippen molar-refractivity contribution in [2.75, 3.05) is 47.1 Å². The third-order valence-electron chi connectivity index (χ3n) is 6.93. The largest absolute Gasteiger partial charge is 0.497 e. The number of methoxy groups -OCH3 is 2. The van der Waals surface area contributed by atoms with E-state index >= 15 is 0 Å². The van der Waals surface area contributed by atoms with Gasteiger partial charge >= 0.3 is 0 Å². The first-order valence-corrected chi connectivity index (χ1v) is 12.1. The van der Waals surface area contributed by atoms with Crippen LogP contribution in [0, 0.1) is 6.92 Å². The Bertz CT molecular complexity index is 1090. The second-order valence-corrected chi connectivity index (χ2v) is 9.07. The quantitative estimate of drug-likeness (QED) is 0.592. The summed E-state index contributed by atoms with van der Waals surface area (Å²) in [6.45, 7) is 3.54. The van der Waals surface area contributed by atoms with Crippen LogP contribution in [0.15, 0.2) is 48.5 Å². The van der Waals surface area contributed by atoms with Crippen LogP contribution < -0.4 is 10.1 Å². The first-order valence-electron chi connectivity index (χ1n) is 12.1. The topological polar surface area (TPSA) is 97.4 Å². The minimum Gasteiger partial charge on any atom is -0.497 e. The van der Waals surface area contributed by atoms with E-state index in [0.717, 1.165) is 5.56 Å². The average Bonchev–Trinajstić information content (AvgIpc) is 3.27. The molecule has 9 nitrogen and oxygen atoms in total. The van der Waals surface area contributed by atoms with Crippen LogP contribution in [-0.4, -0.2) is 86.4 Å². The van der Waals surface area contributed by atoms with E-state index in [9.17, 15) is 14.4 Å². The third-order valence-corrected chi connectivity index (χ3v) is 6.93. The van der Waals surface area contributed by atoms with Gasteiger partial charge in [-0.15, -0.1) is 0 Å². The molecule has 2 saturated heterocycles. The van der Waals surface area contributed by atoms with Crippen LogP contribution in [0.1, 0.15) is 39.1 Å². The number of rotatable bonds is 7. The molecule has 2 aliphatic rings. The summed E-state index contributed by atoms with van der Waals surface area (Å²) >= 11 is 0. The summed E-state index contributed by atoms with van der Waals surface area (Å²) in [4.78, 5) is 43.4. The Hall–Kier alpha value is -3.43. The average molecular weight is 496 g/mol. The summed E-state index contributed by atoms with van der Waals surface area (Å²) in [7, 11) is 3.12. The number of hydrogen-bond donors (Lipinski definition) is 1. The summed E-state index contributed by atoms with van der Waals surface area (Å²) in [5.74, 6) is 0.0172. The number of ether oxygens (including phenoxy) is 3. The Kier molecular flexibility index (Phi) is 7.91. The summed E-state index contributed by atoms with van der Waals surface area (Å²) < 4.78 is 16.5. The maximum atomic E-state index is 13.8. The van der Waals surface area contributed by atoms with Gasteiger partial charge in [0.1, 0.15) is 17.5 Å². The lowest BCUT2D eigenvalue weighted by Gasteiger charge is -2.44. The fourth-order valence-electron chi connectivity index (χ4n) is 4.88. The lowest BCUT2D eigenvalue weighted by Crippen LogP contribution is -2.60. The molecule has 2 aromatic rings. The summed E-state index contributed by atoms with van der Waals surface area (Å²) in [5, 5.41) is 2.83. The molecule has 2 aromatic carbocycles. The number of likely N-dealkylation sites (tertiary alicyclic amines) is 1. The molecule has 1 spiro atoms. The van der Waals surface area contributed by atoms with Crippen LogP contribution in [0.5, 0.6) is 5.75 Å². The summed E-state index contributed by atoms with van der Waals surface area (Å²) in [5.41, 5.74) is 1.06. The molecule has 2 fully saturated rings. The zero-order valence-electron chi connectivity index (χ0n) is 21.0. The normalized spacial score (nSPS) is 18.8. The van der Waals surface area contributed by atoms with Gasteiger partial charge in [-0.3, -0.25) is 19.3 Å². The van der Waals surface area contributed by atoms with Gasteiger partial charge in [-0.25, -0.2) is 0 Å². The fourth-order valence-corrected chi connectivity index (χ4v) is 4.88. The Labute approximate surface area is 211 Å². The van der Waals surface area contributed by atoms with Crippen LogP contribution in [-0.2, 0) is 14.3 Å². The lowest BCUT2D eigenvalue weighted by molar-refractivity contribution is -0.128. The van der Waals surface area contributed by atoms with E-state index in [4.69, 9.17) is 14.2 Å². The highest BCUT2D eigenvalue weighted by Crippen LogP contribution is 2.39. The van der Waals surface area contributed by atoms with Crippen LogP contribution in [0.3, 0.4) is 0 Å². The molecule has 1 N–H and O–H groups in total. The van der Waals surface area contributed by atoms with Crippen molar-refractivity contribution in [2.45, 2.75) is 31.5 Å². The molecule has 36 heavy (non-hydrogen) atoms. The maximum Gasteiger partial charge on any atom is 0.256 e. The van der Waals surface area contributed by atoms with Gasteiger partial charge < -0.3 is 24.4 Å². The van der Waals surface area contributed by atoms with Crippen LogP contribution in [0.2, 0.25) is 0 Å². The predicted molar refractivity (Wildman–Crippen MR) is 133 cm³/mol. The highest BCUT2D eigenvalue weighted by Gasteiger charge is 2.54. The Balaban J connectivity index is 1.56.